The van der Waals surface area contributed by atoms with Crippen molar-refractivity contribution in [2.45, 2.75) is 33.2 Å². The van der Waals surface area contributed by atoms with Gasteiger partial charge in [-0.3, -0.25) is 4.79 Å². The van der Waals surface area contributed by atoms with Crippen LogP contribution in [0.5, 0.6) is 0 Å². The molecule has 4 heteroatoms. The molecule has 0 amide bonds. The molecule has 1 rings (SSSR count). The van der Waals surface area contributed by atoms with Gasteiger partial charge in [-0.1, -0.05) is 12.2 Å². The second-order valence-electron chi connectivity index (χ2n) is 4.93. The number of hydrogen-bond acceptors (Lipinski definition) is 3. The van der Waals surface area contributed by atoms with Gasteiger partial charge in [0.25, 0.3) is 5.56 Å². The second-order valence-corrected chi connectivity index (χ2v) is 4.93. The lowest BCUT2D eigenvalue weighted by atomic mass is 10.1. The molecular weight excluding hydrogens is 202 g/mol. The summed E-state index contributed by atoms with van der Waals surface area (Å²) in [4.78, 5) is 16.1. The Kier molecular flexibility index (Phi) is 3.52. The molecule has 1 heterocycles. The van der Waals surface area contributed by atoms with E-state index in [1.165, 1.54) is 0 Å². The largest absolute Gasteiger partial charge is 0.362 e. The summed E-state index contributed by atoms with van der Waals surface area (Å²) in [6.45, 7) is 12.2. The Hall–Kier alpha value is -1.58. The van der Waals surface area contributed by atoms with E-state index in [0.717, 1.165) is 5.57 Å². The molecule has 0 atom stereocenters. The van der Waals surface area contributed by atoms with E-state index < -0.39 is 0 Å². The average molecular weight is 221 g/mol. The zero-order valence-corrected chi connectivity index (χ0v) is 10.4. The van der Waals surface area contributed by atoms with E-state index in [1.807, 2.05) is 27.7 Å². The molecule has 0 aliphatic carbocycles. The maximum Gasteiger partial charge on any atom is 0.293 e. The lowest BCUT2D eigenvalue weighted by molar-refractivity contribution is 0.383. The predicted molar refractivity (Wildman–Crippen MR) is 66.8 cm³/mol. The highest BCUT2D eigenvalue weighted by Gasteiger charge is 2.16. The summed E-state index contributed by atoms with van der Waals surface area (Å²) in [6, 6.07) is 0. The van der Waals surface area contributed by atoms with Crippen molar-refractivity contribution in [2.75, 3.05) is 11.9 Å². The van der Waals surface area contributed by atoms with E-state index in [4.69, 9.17) is 0 Å². The van der Waals surface area contributed by atoms with Gasteiger partial charge in [-0.05, 0) is 27.7 Å². The van der Waals surface area contributed by atoms with Gasteiger partial charge < -0.3 is 9.88 Å². The summed E-state index contributed by atoms with van der Waals surface area (Å²) in [5, 5.41) is 2.98. The Bertz CT molecular complexity index is 440. The highest BCUT2D eigenvalue weighted by Crippen LogP contribution is 2.10. The number of nitrogens with one attached hydrogen (secondary N) is 1. The molecule has 1 aromatic rings. The summed E-state index contributed by atoms with van der Waals surface area (Å²) in [6.07, 6.45) is 3.34. The van der Waals surface area contributed by atoms with Gasteiger partial charge in [0.05, 0.1) is 0 Å². The zero-order chi connectivity index (χ0) is 12.3. The molecule has 0 aliphatic heterocycles. The van der Waals surface area contributed by atoms with Crippen molar-refractivity contribution in [3.05, 3.63) is 34.9 Å². The lowest BCUT2D eigenvalue weighted by Gasteiger charge is -2.22. The van der Waals surface area contributed by atoms with E-state index >= 15 is 0 Å². The molecule has 0 unspecified atom stereocenters. The summed E-state index contributed by atoms with van der Waals surface area (Å²) in [5.74, 6) is 0.375. The van der Waals surface area contributed by atoms with Crippen LogP contribution in [0.3, 0.4) is 0 Å². The van der Waals surface area contributed by atoms with Crippen molar-refractivity contribution in [2.24, 2.45) is 0 Å². The third kappa shape index (κ3) is 2.95. The molecule has 88 valence electrons. The van der Waals surface area contributed by atoms with E-state index in [2.05, 4.69) is 16.9 Å². The Morgan fingerprint density at radius 2 is 2.19 bits per heavy atom. The van der Waals surface area contributed by atoms with Crippen LogP contribution in [0.25, 0.3) is 0 Å². The molecule has 0 saturated heterocycles. The normalized spacial score (nSPS) is 11.2. The number of nitrogens with zero attached hydrogens (tertiary/aromatic N) is 2. The smallest absolute Gasteiger partial charge is 0.293 e. The van der Waals surface area contributed by atoms with Gasteiger partial charge in [0.2, 0.25) is 0 Å². The van der Waals surface area contributed by atoms with Crippen molar-refractivity contribution in [3.63, 3.8) is 0 Å². The second kappa shape index (κ2) is 4.51. The van der Waals surface area contributed by atoms with Gasteiger partial charge in [-0.25, -0.2) is 4.98 Å². The molecular formula is C12H19N3O. The highest BCUT2D eigenvalue weighted by molar-refractivity contribution is 5.32. The Labute approximate surface area is 96.0 Å². The SMILES string of the molecule is C=C(C)CNc1nccn(C(C)(C)C)c1=O. The number of rotatable bonds is 3. The fraction of sp³-hybridized carbons (Fsp3) is 0.500. The number of hydrogen-bond donors (Lipinski definition) is 1. The summed E-state index contributed by atoms with van der Waals surface area (Å²) in [5.41, 5.74) is 0.628. The Morgan fingerprint density at radius 1 is 1.56 bits per heavy atom. The van der Waals surface area contributed by atoms with Crippen LogP contribution in [-0.4, -0.2) is 16.1 Å². The van der Waals surface area contributed by atoms with Crippen LogP contribution in [0, 0.1) is 0 Å². The standard InChI is InChI=1S/C12H19N3O/c1-9(2)8-14-10-11(16)15(7-6-13-10)12(3,4)5/h6-7H,1,8H2,2-5H3,(H,13,14). The molecule has 0 aliphatic rings. The molecule has 1 N–H and O–H groups in total. The van der Waals surface area contributed by atoms with Gasteiger partial charge in [0, 0.05) is 24.5 Å². The van der Waals surface area contributed by atoms with E-state index in [1.54, 1.807) is 17.0 Å². The van der Waals surface area contributed by atoms with E-state index in [-0.39, 0.29) is 11.1 Å². The minimum atomic E-state index is -0.236. The van der Waals surface area contributed by atoms with Crippen molar-refractivity contribution in [1.82, 2.24) is 9.55 Å². The first-order chi connectivity index (χ1) is 7.32. The van der Waals surface area contributed by atoms with Crippen LogP contribution in [0.4, 0.5) is 5.82 Å². The van der Waals surface area contributed by atoms with Crippen LogP contribution >= 0.6 is 0 Å². The van der Waals surface area contributed by atoms with E-state index in [9.17, 15) is 4.79 Å². The van der Waals surface area contributed by atoms with Crippen LogP contribution in [0.15, 0.2) is 29.3 Å². The van der Waals surface area contributed by atoms with Crippen LogP contribution in [0.1, 0.15) is 27.7 Å². The third-order valence-corrected chi connectivity index (χ3v) is 2.12. The lowest BCUT2D eigenvalue weighted by Crippen LogP contribution is -2.35. The Morgan fingerprint density at radius 3 is 2.69 bits per heavy atom. The minimum absolute atomic E-state index is 0.101. The fourth-order valence-electron chi connectivity index (χ4n) is 1.30. The van der Waals surface area contributed by atoms with Crippen molar-refractivity contribution in [3.8, 4) is 0 Å². The first-order valence-electron chi connectivity index (χ1n) is 5.29. The first-order valence-corrected chi connectivity index (χ1v) is 5.29. The quantitative estimate of drug-likeness (QED) is 0.794. The maximum absolute atomic E-state index is 12.0. The molecule has 0 aromatic carbocycles. The topological polar surface area (TPSA) is 46.9 Å². The van der Waals surface area contributed by atoms with Gasteiger partial charge >= 0.3 is 0 Å². The van der Waals surface area contributed by atoms with Crippen LogP contribution in [-0.2, 0) is 5.54 Å². The molecule has 16 heavy (non-hydrogen) atoms. The summed E-state index contributed by atoms with van der Waals surface area (Å²) >= 11 is 0. The maximum atomic E-state index is 12.0. The fourth-order valence-corrected chi connectivity index (χ4v) is 1.30. The molecule has 0 spiro atoms. The molecule has 0 saturated carbocycles. The monoisotopic (exact) mass is 221 g/mol. The predicted octanol–water partition coefficient (Wildman–Crippen LogP) is 1.99. The molecule has 4 nitrogen and oxygen atoms in total. The van der Waals surface area contributed by atoms with Gasteiger partial charge in [-0.2, -0.15) is 0 Å². The zero-order valence-electron chi connectivity index (χ0n) is 10.4. The number of aromatic nitrogens is 2. The molecule has 1 aromatic heterocycles. The van der Waals surface area contributed by atoms with Crippen LogP contribution < -0.4 is 10.9 Å². The average Bonchev–Trinajstić information content (AvgIpc) is 2.14. The minimum Gasteiger partial charge on any atom is -0.362 e. The molecule has 0 fully saturated rings. The first kappa shape index (κ1) is 12.5. The third-order valence-electron chi connectivity index (χ3n) is 2.12. The molecule has 0 bridgehead atoms. The van der Waals surface area contributed by atoms with Gasteiger partial charge in [0.15, 0.2) is 5.82 Å². The van der Waals surface area contributed by atoms with Crippen LogP contribution in [0.2, 0.25) is 0 Å². The van der Waals surface area contributed by atoms with Crippen molar-refractivity contribution >= 4 is 5.82 Å². The highest BCUT2D eigenvalue weighted by atomic mass is 16.1. The summed E-state index contributed by atoms with van der Waals surface area (Å²) in [7, 11) is 0. The summed E-state index contributed by atoms with van der Waals surface area (Å²) < 4.78 is 1.67. The number of anilines is 1. The molecule has 0 radical (unpaired) electrons. The van der Waals surface area contributed by atoms with Crippen molar-refractivity contribution in [1.29, 1.82) is 0 Å². The van der Waals surface area contributed by atoms with Crippen molar-refractivity contribution < 1.29 is 0 Å². The Balaban J connectivity index is 3.05. The van der Waals surface area contributed by atoms with Gasteiger partial charge in [0.1, 0.15) is 0 Å². The van der Waals surface area contributed by atoms with E-state index in [0.29, 0.717) is 12.4 Å². The van der Waals surface area contributed by atoms with Gasteiger partial charge in [-0.15, -0.1) is 0 Å².